The summed E-state index contributed by atoms with van der Waals surface area (Å²) in [5, 5.41) is 2.56. The lowest BCUT2D eigenvalue weighted by atomic mass is 10.0. The van der Waals surface area contributed by atoms with E-state index >= 15 is 0 Å². The smallest absolute Gasteiger partial charge is 0.243 e. The second kappa shape index (κ2) is 5.41. The lowest BCUT2D eigenvalue weighted by molar-refractivity contribution is -0.117. The molecule has 0 fully saturated rings. The molecule has 5 heteroatoms. The second-order valence-corrected chi connectivity index (χ2v) is 3.80. The molecule has 0 saturated carbocycles. The molecule has 0 aliphatic carbocycles. The summed E-state index contributed by atoms with van der Waals surface area (Å²) in [4.78, 5) is 19.3. The van der Waals surface area contributed by atoms with Crippen molar-refractivity contribution < 1.29 is 4.79 Å². The third-order valence-corrected chi connectivity index (χ3v) is 1.86. The van der Waals surface area contributed by atoms with E-state index in [4.69, 9.17) is 5.73 Å². The van der Waals surface area contributed by atoms with Crippen LogP contribution in [0.1, 0.15) is 20.3 Å². The van der Waals surface area contributed by atoms with Crippen molar-refractivity contribution in [3.05, 3.63) is 18.5 Å². The number of nitrogens with zero attached hydrogens (tertiary/aromatic N) is 2. The zero-order valence-electron chi connectivity index (χ0n) is 8.97. The molecule has 0 bridgehead atoms. The van der Waals surface area contributed by atoms with Crippen LogP contribution in [0.5, 0.6) is 0 Å². The molecule has 1 aromatic heterocycles. The van der Waals surface area contributed by atoms with Gasteiger partial charge >= 0.3 is 0 Å². The molecule has 0 aliphatic heterocycles. The number of hydrogen-bond donors (Lipinski definition) is 2. The monoisotopic (exact) mass is 208 g/mol. The van der Waals surface area contributed by atoms with Gasteiger partial charge in [-0.1, -0.05) is 13.8 Å². The number of aromatic nitrogens is 2. The molecule has 5 nitrogen and oxygen atoms in total. The Morgan fingerprint density at radius 2 is 2.07 bits per heavy atom. The number of carbonyl (C=O) groups is 1. The molecule has 0 radical (unpaired) electrons. The zero-order chi connectivity index (χ0) is 11.3. The maximum absolute atomic E-state index is 11.5. The number of nitrogens with one attached hydrogen (secondary N) is 1. The van der Waals surface area contributed by atoms with Crippen molar-refractivity contribution in [1.82, 2.24) is 9.97 Å². The largest absolute Gasteiger partial charge is 0.320 e. The van der Waals surface area contributed by atoms with Crippen LogP contribution in [-0.2, 0) is 4.79 Å². The van der Waals surface area contributed by atoms with Crippen LogP contribution in [0, 0.1) is 5.92 Å². The minimum absolute atomic E-state index is 0.241. The lowest BCUT2D eigenvalue weighted by Gasteiger charge is -2.12. The minimum atomic E-state index is -0.506. The van der Waals surface area contributed by atoms with E-state index in [-0.39, 0.29) is 5.91 Å². The molecule has 0 aromatic carbocycles. The Morgan fingerprint density at radius 3 is 2.60 bits per heavy atom. The summed E-state index contributed by atoms with van der Waals surface area (Å²) in [5.41, 5.74) is 5.70. The van der Waals surface area contributed by atoms with Crippen LogP contribution in [0.25, 0.3) is 0 Å². The quantitative estimate of drug-likeness (QED) is 0.766. The van der Waals surface area contributed by atoms with Crippen LogP contribution < -0.4 is 11.1 Å². The molecule has 15 heavy (non-hydrogen) atoms. The van der Waals surface area contributed by atoms with E-state index in [1.165, 1.54) is 0 Å². The van der Waals surface area contributed by atoms with Gasteiger partial charge in [0.1, 0.15) is 0 Å². The van der Waals surface area contributed by atoms with E-state index in [0.717, 1.165) is 0 Å². The Labute approximate surface area is 89.1 Å². The van der Waals surface area contributed by atoms with Gasteiger partial charge in [-0.05, 0) is 18.4 Å². The average Bonchev–Trinajstić information content (AvgIpc) is 2.18. The Balaban J connectivity index is 2.49. The number of amides is 1. The first-order valence-electron chi connectivity index (χ1n) is 4.93. The second-order valence-electron chi connectivity index (χ2n) is 3.80. The predicted octanol–water partition coefficient (Wildman–Crippen LogP) is 0.788. The molecule has 1 aromatic rings. The molecule has 0 aliphatic rings. The first kappa shape index (κ1) is 11.6. The maximum atomic E-state index is 11.5. The SMILES string of the molecule is CC(C)C[C@@H](N)C(=O)Nc1ncccn1. The summed E-state index contributed by atoms with van der Waals surface area (Å²) in [5.74, 6) is 0.444. The number of carbonyl (C=O) groups excluding carboxylic acids is 1. The fourth-order valence-corrected chi connectivity index (χ4v) is 1.18. The van der Waals surface area contributed by atoms with Gasteiger partial charge in [0.25, 0.3) is 0 Å². The standard InChI is InChI=1S/C10H16N4O/c1-7(2)6-8(11)9(15)14-10-12-4-3-5-13-10/h3-5,7-8H,6,11H2,1-2H3,(H,12,13,14,15)/t8-/m1/s1. The van der Waals surface area contributed by atoms with E-state index in [1.807, 2.05) is 13.8 Å². The summed E-state index contributed by atoms with van der Waals surface area (Å²) in [6, 6.07) is 1.18. The number of nitrogens with two attached hydrogens (primary N) is 1. The van der Waals surface area contributed by atoms with Crippen molar-refractivity contribution in [1.29, 1.82) is 0 Å². The van der Waals surface area contributed by atoms with Crippen LogP contribution in [-0.4, -0.2) is 21.9 Å². The van der Waals surface area contributed by atoms with Crippen LogP contribution in [0.3, 0.4) is 0 Å². The van der Waals surface area contributed by atoms with Crippen molar-refractivity contribution in [2.45, 2.75) is 26.3 Å². The van der Waals surface area contributed by atoms with Crippen LogP contribution in [0.15, 0.2) is 18.5 Å². The number of hydrogen-bond acceptors (Lipinski definition) is 4. The van der Waals surface area contributed by atoms with E-state index < -0.39 is 6.04 Å². The van der Waals surface area contributed by atoms with E-state index in [0.29, 0.717) is 18.3 Å². The van der Waals surface area contributed by atoms with Gasteiger partial charge in [-0.25, -0.2) is 9.97 Å². The van der Waals surface area contributed by atoms with Crippen LogP contribution in [0.2, 0.25) is 0 Å². The summed E-state index contributed by atoms with van der Waals surface area (Å²) in [6.45, 7) is 4.04. The van der Waals surface area contributed by atoms with Crippen molar-refractivity contribution in [3.63, 3.8) is 0 Å². The molecule has 0 spiro atoms. The minimum Gasteiger partial charge on any atom is -0.320 e. The molecule has 0 saturated heterocycles. The fraction of sp³-hybridized carbons (Fsp3) is 0.500. The molecular weight excluding hydrogens is 192 g/mol. The zero-order valence-corrected chi connectivity index (χ0v) is 8.97. The number of rotatable bonds is 4. The fourth-order valence-electron chi connectivity index (χ4n) is 1.18. The Morgan fingerprint density at radius 1 is 1.47 bits per heavy atom. The molecular formula is C10H16N4O. The normalized spacial score (nSPS) is 12.5. The maximum Gasteiger partial charge on any atom is 0.243 e. The molecule has 3 N–H and O–H groups in total. The highest BCUT2D eigenvalue weighted by Gasteiger charge is 2.15. The summed E-state index contributed by atoms with van der Waals surface area (Å²) in [6.07, 6.45) is 3.78. The van der Waals surface area contributed by atoms with Crippen molar-refractivity contribution in [2.75, 3.05) is 5.32 Å². The molecule has 1 amide bonds. The summed E-state index contributed by atoms with van der Waals surface area (Å²) < 4.78 is 0. The highest BCUT2D eigenvalue weighted by atomic mass is 16.2. The predicted molar refractivity (Wildman–Crippen MR) is 58.1 cm³/mol. The van der Waals surface area contributed by atoms with Gasteiger partial charge in [0.15, 0.2) is 0 Å². The number of anilines is 1. The molecule has 0 unspecified atom stereocenters. The topological polar surface area (TPSA) is 80.9 Å². The average molecular weight is 208 g/mol. The Bertz CT molecular complexity index is 312. The van der Waals surface area contributed by atoms with Gasteiger partial charge in [-0.2, -0.15) is 0 Å². The van der Waals surface area contributed by atoms with Crippen molar-refractivity contribution >= 4 is 11.9 Å². The van der Waals surface area contributed by atoms with Gasteiger partial charge in [0.2, 0.25) is 11.9 Å². The van der Waals surface area contributed by atoms with Gasteiger partial charge in [-0.3, -0.25) is 10.1 Å². The molecule has 1 heterocycles. The lowest BCUT2D eigenvalue weighted by Crippen LogP contribution is -2.37. The van der Waals surface area contributed by atoms with Gasteiger partial charge in [0, 0.05) is 12.4 Å². The van der Waals surface area contributed by atoms with Crippen LogP contribution >= 0.6 is 0 Å². The highest BCUT2D eigenvalue weighted by Crippen LogP contribution is 2.04. The van der Waals surface area contributed by atoms with Crippen LogP contribution in [0.4, 0.5) is 5.95 Å². The van der Waals surface area contributed by atoms with Crippen molar-refractivity contribution in [2.24, 2.45) is 11.7 Å². The highest BCUT2D eigenvalue weighted by molar-refractivity contribution is 5.93. The molecule has 1 rings (SSSR count). The first-order chi connectivity index (χ1) is 7.09. The Kier molecular flexibility index (Phi) is 4.17. The Hall–Kier alpha value is -1.49. The summed E-state index contributed by atoms with van der Waals surface area (Å²) in [7, 11) is 0. The van der Waals surface area contributed by atoms with E-state index in [9.17, 15) is 4.79 Å². The molecule has 82 valence electrons. The third kappa shape index (κ3) is 4.03. The summed E-state index contributed by atoms with van der Waals surface area (Å²) >= 11 is 0. The van der Waals surface area contributed by atoms with Gasteiger partial charge < -0.3 is 5.73 Å². The first-order valence-corrected chi connectivity index (χ1v) is 4.93. The third-order valence-electron chi connectivity index (χ3n) is 1.86. The van der Waals surface area contributed by atoms with Gasteiger partial charge in [-0.15, -0.1) is 0 Å². The van der Waals surface area contributed by atoms with E-state index in [1.54, 1.807) is 18.5 Å². The molecule has 1 atom stereocenters. The van der Waals surface area contributed by atoms with E-state index in [2.05, 4.69) is 15.3 Å². The van der Waals surface area contributed by atoms with Crippen molar-refractivity contribution in [3.8, 4) is 0 Å². The van der Waals surface area contributed by atoms with Gasteiger partial charge in [0.05, 0.1) is 6.04 Å².